The first kappa shape index (κ1) is 10.8. The number of carboxylic acid groups (broad SMARTS) is 1. The minimum Gasteiger partial charge on any atom is -0.478 e. The van der Waals surface area contributed by atoms with Crippen molar-refractivity contribution in [3.05, 3.63) is 42.0 Å². The summed E-state index contributed by atoms with van der Waals surface area (Å²) < 4.78 is 11.4. The lowest BCUT2D eigenvalue weighted by Crippen LogP contribution is -2.00. The summed E-state index contributed by atoms with van der Waals surface area (Å²) in [6, 6.07) is 10.4. The lowest BCUT2D eigenvalue weighted by Gasteiger charge is -2.05. The van der Waals surface area contributed by atoms with E-state index in [4.69, 9.17) is 5.11 Å². The van der Waals surface area contributed by atoms with E-state index in [9.17, 15) is 9.00 Å². The number of benzene rings is 2. The molecule has 82 valence electrons. The van der Waals surface area contributed by atoms with E-state index in [0.717, 1.165) is 5.39 Å². The molecule has 0 aliphatic carbocycles. The second-order valence-corrected chi connectivity index (χ2v) is 4.83. The Bertz CT molecular complexity index is 590. The highest BCUT2D eigenvalue weighted by Gasteiger charge is 2.11. The van der Waals surface area contributed by atoms with Gasteiger partial charge < -0.3 is 5.11 Å². The van der Waals surface area contributed by atoms with Crippen LogP contribution in [0.2, 0.25) is 0 Å². The number of carbonyl (C=O) groups is 1. The van der Waals surface area contributed by atoms with Crippen molar-refractivity contribution in [3.8, 4) is 0 Å². The average Bonchev–Trinajstić information content (AvgIpc) is 2.27. The zero-order valence-electron chi connectivity index (χ0n) is 8.64. The van der Waals surface area contributed by atoms with E-state index < -0.39 is 16.8 Å². The second-order valence-electron chi connectivity index (χ2n) is 3.45. The summed E-state index contributed by atoms with van der Waals surface area (Å²) in [4.78, 5) is 11.6. The van der Waals surface area contributed by atoms with Crippen LogP contribution in [0.4, 0.5) is 0 Å². The Labute approximate surface area is 95.2 Å². The fraction of sp³-hybridized carbons (Fsp3) is 0.0833. The topological polar surface area (TPSA) is 54.4 Å². The summed E-state index contributed by atoms with van der Waals surface area (Å²) in [5.74, 6) is -0.997. The zero-order valence-corrected chi connectivity index (χ0v) is 9.45. The zero-order chi connectivity index (χ0) is 11.7. The van der Waals surface area contributed by atoms with Gasteiger partial charge in [0, 0.05) is 22.0 Å². The summed E-state index contributed by atoms with van der Waals surface area (Å²) in [6.45, 7) is 0. The minimum atomic E-state index is -1.18. The maximum absolute atomic E-state index is 11.4. The SMILES string of the molecule is CS(=O)c1cc(C(=O)O)c2ccccc2c1. The number of hydrogen-bond donors (Lipinski definition) is 1. The van der Waals surface area contributed by atoms with Crippen LogP contribution in [0.5, 0.6) is 0 Å². The molecule has 0 aliphatic rings. The van der Waals surface area contributed by atoms with Crippen LogP contribution in [0, 0.1) is 0 Å². The third-order valence-corrected chi connectivity index (χ3v) is 3.30. The number of carboxylic acids is 1. The molecule has 0 fully saturated rings. The van der Waals surface area contributed by atoms with Crippen LogP contribution in [0.25, 0.3) is 10.8 Å². The Morgan fingerprint density at radius 1 is 1.25 bits per heavy atom. The van der Waals surface area contributed by atoms with Crippen molar-refractivity contribution in [1.82, 2.24) is 0 Å². The molecule has 1 N–H and O–H groups in total. The summed E-state index contributed by atoms with van der Waals surface area (Å²) in [7, 11) is -1.18. The molecule has 2 rings (SSSR count). The Hall–Kier alpha value is -1.68. The van der Waals surface area contributed by atoms with E-state index in [1.165, 1.54) is 12.3 Å². The minimum absolute atomic E-state index is 0.198. The molecular weight excluding hydrogens is 224 g/mol. The first-order chi connectivity index (χ1) is 7.59. The van der Waals surface area contributed by atoms with Crippen molar-refractivity contribution in [2.75, 3.05) is 6.26 Å². The van der Waals surface area contributed by atoms with Crippen LogP contribution in [0.15, 0.2) is 41.3 Å². The van der Waals surface area contributed by atoms with Crippen molar-refractivity contribution >= 4 is 27.5 Å². The highest BCUT2D eigenvalue weighted by molar-refractivity contribution is 7.84. The summed E-state index contributed by atoms with van der Waals surface area (Å²) in [5, 5.41) is 10.6. The molecule has 16 heavy (non-hydrogen) atoms. The average molecular weight is 234 g/mol. The maximum atomic E-state index is 11.4. The van der Waals surface area contributed by atoms with E-state index in [1.807, 2.05) is 12.1 Å². The van der Waals surface area contributed by atoms with E-state index in [2.05, 4.69) is 0 Å². The lowest BCUT2D eigenvalue weighted by atomic mass is 10.0. The van der Waals surface area contributed by atoms with Crippen LogP contribution >= 0.6 is 0 Å². The molecule has 2 aromatic rings. The molecule has 1 unspecified atom stereocenters. The van der Waals surface area contributed by atoms with E-state index in [-0.39, 0.29) is 5.56 Å². The van der Waals surface area contributed by atoms with Crippen LogP contribution in [-0.4, -0.2) is 21.5 Å². The smallest absolute Gasteiger partial charge is 0.336 e. The largest absolute Gasteiger partial charge is 0.478 e. The van der Waals surface area contributed by atoms with Crippen molar-refractivity contribution in [1.29, 1.82) is 0 Å². The van der Waals surface area contributed by atoms with Gasteiger partial charge in [-0.2, -0.15) is 0 Å². The number of aromatic carboxylic acids is 1. The summed E-state index contributed by atoms with van der Waals surface area (Å²) in [5.41, 5.74) is 0.198. The third-order valence-electron chi connectivity index (χ3n) is 2.40. The summed E-state index contributed by atoms with van der Waals surface area (Å²) in [6.07, 6.45) is 1.54. The molecule has 0 saturated carbocycles. The number of rotatable bonds is 2. The van der Waals surface area contributed by atoms with Gasteiger partial charge in [-0.15, -0.1) is 0 Å². The molecule has 0 saturated heterocycles. The first-order valence-corrected chi connectivity index (χ1v) is 6.25. The van der Waals surface area contributed by atoms with Crippen LogP contribution < -0.4 is 0 Å². The fourth-order valence-electron chi connectivity index (χ4n) is 1.63. The van der Waals surface area contributed by atoms with Gasteiger partial charge in [0.2, 0.25) is 0 Å². The maximum Gasteiger partial charge on any atom is 0.336 e. The molecule has 0 aromatic heterocycles. The summed E-state index contributed by atoms with van der Waals surface area (Å²) >= 11 is 0. The van der Waals surface area contributed by atoms with Crippen molar-refractivity contribution in [2.45, 2.75) is 4.90 Å². The van der Waals surface area contributed by atoms with E-state index in [0.29, 0.717) is 10.3 Å². The molecule has 1 atom stereocenters. The van der Waals surface area contributed by atoms with Gasteiger partial charge in [0.05, 0.1) is 5.56 Å². The van der Waals surface area contributed by atoms with Crippen LogP contribution in [0.3, 0.4) is 0 Å². The van der Waals surface area contributed by atoms with Gasteiger partial charge >= 0.3 is 5.97 Å². The Kier molecular flexibility index (Phi) is 2.75. The molecule has 3 nitrogen and oxygen atoms in total. The van der Waals surface area contributed by atoms with Gasteiger partial charge in [-0.1, -0.05) is 24.3 Å². The molecule has 0 heterocycles. The van der Waals surface area contributed by atoms with Crippen LogP contribution in [-0.2, 0) is 10.8 Å². The van der Waals surface area contributed by atoms with Crippen molar-refractivity contribution in [3.63, 3.8) is 0 Å². The Balaban J connectivity index is 2.84. The molecular formula is C12H10O3S. The van der Waals surface area contributed by atoms with E-state index in [1.54, 1.807) is 18.2 Å². The van der Waals surface area contributed by atoms with Crippen molar-refractivity contribution < 1.29 is 14.1 Å². The predicted octanol–water partition coefficient (Wildman–Crippen LogP) is 2.28. The van der Waals surface area contributed by atoms with Gasteiger partial charge in [-0.05, 0) is 22.9 Å². The molecule has 0 radical (unpaired) electrons. The number of fused-ring (bicyclic) bond motifs is 1. The molecule has 0 amide bonds. The van der Waals surface area contributed by atoms with Gasteiger partial charge in [-0.25, -0.2) is 4.79 Å². The quantitative estimate of drug-likeness (QED) is 0.867. The highest BCUT2D eigenvalue weighted by atomic mass is 32.2. The highest BCUT2D eigenvalue weighted by Crippen LogP contribution is 2.22. The number of hydrogen-bond acceptors (Lipinski definition) is 2. The predicted molar refractivity (Wildman–Crippen MR) is 63.2 cm³/mol. The third kappa shape index (κ3) is 1.84. The standard InChI is InChI=1S/C12H10O3S/c1-16(15)9-6-8-4-2-3-5-10(8)11(7-9)12(13)14/h2-7H,1H3,(H,13,14). The van der Waals surface area contributed by atoms with Gasteiger partial charge in [0.25, 0.3) is 0 Å². The van der Waals surface area contributed by atoms with E-state index >= 15 is 0 Å². The Morgan fingerprint density at radius 3 is 2.56 bits per heavy atom. The molecule has 0 spiro atoms. The first-order valence-electron chi connectivity index (χ1n) is 4.69. The van der Waals surface area contributed by atoms with Crippen LogP contribution in [0.1, 0.15) is 10.4 Å². The Morgan fingerprint density at radius 2 is 1.94 bits per heavy atom. The van der Waals surface area contributed by atoms with Gasteiger partial charge in [-0.3, -0.25) is 4.21 Å². The molecule has 0 aliphatic heterocycles. The molecule has 2 aromatic carbocycles. The van der Waals surface area contributed by atoms with Crippen molar-refractivity contribution in [2.24, 2.45) is 0 Å². The lowest BCUT2D eigenvalue weighted by molar-refractivity contribution is 0.0699. The van der Waals surface area contributed by atoms with Gasteiger partial charge in [0.1, 0.15) is 0 Å². The second kappa shape index (κ2) is 4.06. The van der Waals surface area contributed by atoms with Gasteiger partial charge in [0.15, 0.2) is 0 Å². The fourth-order valence-corrected chi connectivity index (χ4v) is 2.20. The molecule has 0 bridgehead atoms. The normalized spacial score (nSPS) is 12.6. The molecule has 4 heteroatoms. The monoisotopic (exact) mass is 234 g/mol.